The van der Waals surface area contributed by atoms with Gasteiger partial charge in [-0.1, -0.05) is 43.5 Å². The van der Waals surface area contributed by atoms with Crippen molar-refractivity contribution in [2.75, 3.05) is 7.05 Å². The third-order valence-electron chi connectivity index (χ3n) is 6.45. The first-order valence-corrected chi connectivity index (χ1v) is 10.4. The smallest absolute Gasteiger partial charge is 0.242 e. The number of likely N-dealkylation sites (N-methyl/N-ethyl adjacent to an activating group) is 1. The van der Waals surface area contributed by atoms with E-state index >= 15 is 0 Å². The number of nitrogens with zero attached hydrogens (tertiary/aromatic N) is 5. The van der Waals surface area contributed by atoms with E-state index in [-0.39, 0.29) is 17.2 Å². The number of aromatic nitrogens is 4. The third kappa shape index (κ3) is 4.16. The molecule has 0 radical (unpaired) electrons. The summed E-state index contributed by atoms with van der Waals surface area (Å²) in [5.41, 5.74) is 2.11. The van der Waals surface area contributed by atoms with Crippen molar-refractivity contribution in [1.29, 1.82) is 0 Å². The van der Waals surface area contributed by atoms with E-state index in [4.69, 9.17) is 0 Å². The van der Waals surface area contributed by atoms with Gasteiger partial charge < -0.3 is 10.2 Å². The fourth-order valence-electron chi connectivity index (χ4n) is 4.90. The molecule has 2 heterocycles. The van der Waals surface area contributed by atoms with Gasteiger partial charge in [-0.05, 0) is 39.8 Å². The maximum atomic E-state index is 13.5. The van der Waals surface area contributed by atoms with E-state index < -0.39 is 6.04 Å². The van der Waals surface area contributed by atoms with Crippen molar-refractivity contribution in [3.8, 4) is 0 Å². The Labute approximate surface area is 170 Å². The minimum absolute atomic E-state index is 0.0445. The van der Waals surface area contributed by atoms with Crippen molar-refractivity contribution in [3.63, 3.8) is 0 Å². The quantitative estimate of drug-likeness (QED) is 0.831. The average Bonchev–Trinajstić information content (AvgIpc) is 3.25. The zero-order valence-electron chi connectivity index (χ0n) is 16.9. The Morgan fingerprint density at radius 3 is 2.62 bits per heavy atom. The zero-order valence-corrected chi connectivity index (χ0v) is 16.9. The fraction of sp³-hybridized carbons (Fsp3) is 0.571. The number of carbonyl (C=O) groups excluding carboxylic acids is 2. The molecule has 1 aliphatic heterocycles. The van der Waals surface area contributed by atoms with E-state index in [1.807, 2.05) is 24.3 Å². The Balaban J connectivity index is 1.57. The minimum Gasteiger partial charge on any atom is -0.357 e. The van der Waals surface area contributed by atoms with E-state index in [1.54, 1.807) is 23.0 Å². The molecule has 0 saturated heterocycles. The van der Waals surface area contributed by atoms with Gasteiger partial charge in [-0.15, -0.1) is 5.10 Å². The second kappa shape index (κ2) is 8.31. The van der Waals surface area contributed by atoms with Crippen LogP contribution in [0.3, 0.4) is 0 Å². The summed E-state index contributed by atoms with van der Waals surface area (Å²) >= 11 is 0. The van der Waals surface area contributed by atoms with Gasteiger partial charge in [0.2, 0.25) is 11.8 Å². The van der Waals surface area contributed by atoms with Crippen LogP contribution >= 0.6 is 0 Å². The van der Waals surface area contributed by atoms with Crippen LogP contribution in [-0.2, 0) is 29.1 Å². The van der Waals surface area contributed by atoms with Crippen molar-refractivity contribution >= 4 is 11.8 Å². The molecule has 154 valence electrons. The highest BCUT2D eigenvalue weighted by atomic mass is 16.2. The molecule has 1 aromatic carbocycles. The number of nitrogens with one attached hydrogen (secondary N) is 1. The van der Waals surface area contributed by atoms with Crippen molar-refractivity contribution in [1.82, 2.24) is 30.4 Å². The Bertz CT molecular complexity index is 860. The van der Waals surface area contributed by atoms with Gasteiger partial charge in [0.25, 0.3) is 0 Å². The SMILES string of the molecule is CNC(=O)[C@@H]1Cc2ccccc2CN1C(=O)CC1(Cn2cnnn2)CCCCC1. The molecular formula is C21H28N6O2. The molecule has 1 N–H and O–H groups in total. The van der Waals surface area contributed by atoms with Gasteiger partial charge in [0.15, 0.2) is 0 Å². The molecule has 2 aromatic rings. The molecule has 0 bridgehead atoms. The summed E-state index contributed by atoms with van der Waals surface area (Å²) in [7, 11) is 1.63. The highest BCUT2D eigenvalue weighted by Gasteiger charge is 2.40. The lowest BCUT2D eigenvalue weighted by atomic mass is 9.71. The first-order valence-electron chi connectivity index (χ1n) is 10.4. The van der Waals surface area contributed by atoms with E-state index in [2.05, 4.69) is 20.8 Å². The lowest BCUT2D eigenvalue weighted by Gasteiger charge is -2.41. The zero-order chi connectivity index (χ0) is 20.3. The number of hydrogen-bond donors (Lipinski definition) is 1. The summed E-state index contributed by atoms with van der Waals surface area (Å²) in [6.45, 7) is 1.12. The summed E-state index contributed by atoms with van der Waals surface area (Å²) in [6.07, 6.45) is 7.97. The predicted molar refractivity (Wildman–Crippen MR) is 107 cm³/mol. The first kappa shape index (κ1) is 19.5. The van der Waals surface area contributed by atoms with Crippen molar-refractivity contribution in [2.45, 2.75) is 64.1 Å². The van der Waals surface area contributed by atoms with Gasteiger partial charge in [-0.3, -0.25) is 9.59 Å². The van der Waals surface area contributed by atoms with Crippen molar-refractivity contribution in [3.05, 3.63) is 41.7 Å². The first-order chi connectivity index (χ1) is 14.1. The Hall–Kier alpha value is -2.77. The van der Waals surface area contributed by atoms with Crippen molar-refractivity contribution < 1.29 is 9.59 Å². The number of fused-ring (bicyclic) bond motifs is 1. The van der Waals surface area contributed by atoms with Crippen LogP contribution in [-0.4, -0.2) is 50.0 Å². The molecule has 1 fully saturated rings. The van der Waals surface area contributed by atoms with Gasteiger partial charge in [0.1, 0.15) is 12.4 Å². The second-order valence-corrected chi connectivity index (χ2v) is 8.37. The summed E-state index contributed by atoms with van der Waals surface area (Å²) in [5.74, 6) is -0.0610. The largest absolute Gasteiger partial charge is 0.357 e. The average molecular weight is 396 g/mol. The van der Waals surface area contributed by atoms with Crippen LogP contribution in [0.4, 0.5) is 0 Å². The summed E-state index contributed by atoms with van der Waals surface area (Å²) in [5, 5.41) is 14.3. The molecule has 29 heavy (non-hydrogen) atoms. The molecule has 1 aromatic heterocycles. The molecule has 8 heteroatoms. The Morgan fingerprint density at radius 2 is 1.93 bits per heavy atom. The van der Waals surface area contributed by atoms with Gasteiger partial charge in [-0.2, -0.15) is 0 Å². The van der Waals surface area contributed by atoms with Gasteiger partial charge in [-0.25, -0.2) is 4.68 Å². The Kier molecular flexibility index (Phi) is 5.60. The lowest BCUT2D eigenvalue weighted by Crippen LogP contribution is -2.53. The van der Waals surface area contributed by atoms with E-state index in [1.165, 1.54) is 6.42 Å². The van der Waals surface area contributed by atoms with Gasteiger partial charge in [0.05, 0.1) is 6.54 Å². The van der Waals surface area contributed by atoms with Crippen LogP contribution in [0.15, 0.2) is 30.6 Å². The number of hydrogen-bond acceptors (Lipinski definition) is 5. The van der Waals surface area contributed by atoms with E-state index in [0.29, 0.717) is 25.9 Å². The van der Waals surface area contributed by atoms with Crippen LogP contribution in [0.1, 0.15) is 49.7 Å². The second-order valence-electron chi connectivity index (χ2n) is 8.37. The number of tetrazole rings is 1. The molecule has 0 unspecified atom stereocenters. The molecular weight excluding hydrogens is 368 g/mol. The normalized spacial score (nSPS) is 20.7. The molecule has 4 rings (SSSR count). The number of amides is 2. The Morgan fingerprint density at radius 1 is 1.17 bits per heavy atom. The van der Waals surface area contributed by atoms with Gasteiger partial charge >= 0.3 is 0 Å². The lowest BCUT2D eigenvalue weighted by molar-refractivity contribution is -0.144. The van der Waals surface area contributed by atoms with Crippen LogP contribution in [0.5, 0.6) is 0 Å². The molecule has 8 nitrogen and oxygen atoms in total. The molecule has 1 saturated carbocycles. The monoisotopic (exact) mass is 396 g/mol. The van der Waals surface area contributed by atoms with Gasteiger partial charge in [0, 0.05) is 26.4 Å². The molecule has 2 aliphatic rings. The maximum Gasteiger partial charge on any atom is 0.242 e. The number of carbonyl (C=O) groups is 2. The van der Waals surface area contributed by atoms with Crippen LogP contribution < -0.4 is 5.32 Å². The highest BCUT2D eigenvalue weighted by Crippen LogP contribution is 2.41. The van der Waals surface area contributed by atoms with E-state index in [0.717, 1.165) is 36.8 Å². The summed E-state index contributed by atoms with van der Waals surface area (Å²) in [4.78, 5) is 27.9. The van der Waals surface area contributed by atoms with Crippen LogP contribution in [0.2, 0.25) is 0 Å². The molecule has 1 aliphatic carbocycles. The summed E-state index contributed by atoms with van der Waals surface area (Å²) < 4.78 is 1.74. The standard InChI is InChI=1S/C21H28N6O2/c1-22-20(29)18-11-16-7-3-4-8-17(16)13-27(18)19(28)12-21(9-5-2-6-10-21)14-26-15-23-24-25-26/h3-4,7-8,15,18H,2,5-6,9-14H2,1H3,(H,22,29)/t18-/m0/s1. The number of rotatable bonds is 5. The molecule has 0 spiro atoms. The van der Waals surface area contributed by atoms with Crippen LogP contribution in [0.25, 0.3) is 0 Å². The minimum atomic E-state index is -0.462. The van der Waals surface area contributed by atoms with Crippen LogP contribution in [0, 0.1) is 5.41 Å². The third-order valence-corrected chi connectivity index (χ3v) is 6.45. The highest BCUT2D eigenvalue weighted by molar-refractivity contribution is 5.88. The van der Waals surface area contributed by atoms with Crippen molar-refractivity contribution in [2.24, 2.45) is 5.41 Å². The molecule has 1 atom stereocenters. The maximum absolute atomic E-state index is 13.5. The molecule has 2 amide bonds. The number of benzene rings is 1. The topological polar surface area (TPSA) is 93.0 Å². The fourth-order valence-corrected chi connectivity index (χ4v) is 4.90. The van der Waals surface area contributed by atoms with E-state index in [9.17, 15) is 9.59 Å². The predicted octanol–water partition coefficient (Wildman–Crippen LogP) is 1.71. The summed E-state index contributed by atoms with van der Waals surface area (Å²) in [6, 6.07) is 7.61.